The summed E-state index contributed by atoms with van der Waals surface area (Å²) in [5, 5.41) is 0. The van der Waals surface area contributed by atoms with Crippen LogP contribution in [0.2, 0.25) is 0 Å². The summed E-state index contributed by atoms with van der Waals surface area (Å²) in [4.78, 5) is 25.4. The molecule has 6 heteroatoms. The SMILES string of the molecule is [H+].[O-]P([O-])[O-].c1ccc(C[P+](Cc2ccccc2)(Cc2ccccc2)Cc2ccccc2)cc1.c1ccc(C[P+](Cc2ccccc2)(Cc2ccccc2)Cc2ccccc2)cc1. The van der Waals surface area contributed by atoms with Gasteiger partial charge >= 0.3 is 1.43 Å². The van der Waals surface area contributed by atoms with Crippen LogP contribution in [0.3, 0.4) is 0 Å². The molecule has 0 spiro atoms. The number of benzene rings is 8. The Morgan fingerprint density at radius 2 is 0.323 bits per heavy atom. The van der Waals surface area contributed by atoms with Crippen molar-refractivity contribution < 1.29 is 16.1 Å². The summed E-state index contributed by atoms with van der Waals surface area (Å²) in [7, 11) is -6.14. The highest BCUT2D eigenvalue weighted by Gasteiger charge is 2.40. The van der Waals surface area contributed by atoms with Crippen LogP contribution in [0.25, 0.3) is 0 Å². The van der Waals surface area contributed by atoms with Crippen molar-refractivity contribution in [3.63, 3.8) is 0 Å². The Hall–Kier alpha value is -5.07. The Bertz CT molecular complexity index is 1860. The molecule has 8 aromatic carbocycles. The minimum absolute atomic E-state index is 0. The normalized spacial score (nSPS) is 11.2. The fraction of sp³-hybridized carbons (Fsp3) is 0.143. The van der Waals surface area contributed by atoms with Crippen LogP contribution >= 0.6 is 23.1 Å². The highest BCUT2D eigenvalue weighted by Crippen LogP contribution is 2.69. The quantitative estimate of drug-likeness (QED) is 0.0908. The van der Waals surface area contributed by atoms with Crippen molar-refractivity contribution in [1.82, 2.24) is 0 Å². The highest BCUT2D eigenvalue weighted by molar-refractivity contribution is 7.73. The summed E-state index contributed by atoms with van der Waals surface area (Å²) in [5.41, 5.74) is 11.7. The van der Waals surface area contributed by atoms with E-state index in [0.717, 1.165) is 0 Å². The van der Waals surface area contributed by atoms with Crippen molar-refractivity contribution >= 4 is 23.1 Å². The lowest BCUT2D eigenvalue weighted by Crippen LogP contribution is -2.18. The molecule has 0 fully saturated rings. The Balaban J connectivity index is 0.000000216. The molecular formula is C56H57O3P3. The molecule has 3 nitrogen and oxygen atoms in total. The molecule has 0 aromatic heterocycles. The van der Waals surface area contributed by atoms with Crippen molar-refractivity contribution in [2.75, 3.05) is 0 Å². The molecule has 0 saturated heterocycles. The molecule has 0 atom stereocenters. The molecule has 0 amide bonds. The molecule has 0 heterocycles. The predicted molar refractivity (Wildman–Crippen MR) is 263 cm³/mol. The first kappa shape index (κ1) is 46.4. The maximum absolute atomic E-state index is 8.48. The van der Waals surface area contributed by atoms with Crippen LogP contribution < -0.4 is 14.7 Å². The standard InChI is InChI=1S/2C28H28P.O3P/c2*1-5-13-25(14-6-1)21-29(22-26-15-7-2-8-16-26,23-27-17-9-3-10-18-27)24-28-19-11-4-12-20-28;1-4(2)3/h2*1-20H,21-24H2;/q2*+1;-3/p+1. The second-order valence-electron chi connectivity index (χ2n) is 16.1. The highest BCUT2D eigenvalue weighted by atomic mass is 31.2. The van der Waals surface area contributed by atoms with E-state index in [0.29, 0.717) is 0 Å². The molecular weight excluding hydrogens is 814 g/mol. The summed E-state index contributed by atoms with van der Waals surface area (Å²) >= 11 is 0. The molecule has 314 valence electrons. The van der Waals surface area contributed by atoms with Gasteiger partial charge in [-0.15, -0.1) is 0 Å². The van der Waals surface area contributed by atoms with Crippen LogP contribution in [0.1, 0.15) is 45.9 Å². The Labute approximate surface area is 374 Å². The number of hydrogen-bond acceptors (Lipinski definition) is 3. The van der Waals surface area contributed by atoms with Gasteiger partial charge in [0.25, 0.3) is 0 Å². The van der Waals surface area contributed by atoms with Crippen molar-refractivity contribution in [3.05, 3.63) is 287 Å². The molecule has 8 rings (SSSR count). The van der Waals surface area contributed by atoms with Crippen LogP contribution in [-0.4, -0.2) is 0 Å². The van der Waals surface area contributed by atoms with Gasteiger partial charge in [-0.3, -0.25) is 0 Å². The maximum Gasteiger partial charge on any atom is 1.00 e. The van der Waals surface area contributed by atoms with Gasteiger partial charge in [-0.25, -0.2) is 0 Å². The van der Waals surface area contributed by atoms with Crippen molar-refractivity contribution in [1.29, 1.82) is 0 Å². The monoisotopic (exact) mass is 870 g/mol. The van der Waals surface area contributed by atoms with Gasteiger partial charge in [0.1, 0.15) is 0 Å². The fourth-order valence-corrected chi connectivity index (χ4v) is 17.7. The lowest BCUT2D eigenvalue weighted by molar-refractivity contribution is -0.407. The van der Waals surface area contributed by atoms with E-state index in [-0.39, 0.29) is 1.43 Å². The zero-order valence-corrected chi connectivity index (χ0v) is 38.0. The van der Waals surface area contributed by atoms with Gasteiger partial charge in [0, 0.05) is 14.5 Å². The molecule has 0 bridgehead atoms. The zero-order valence-electron chi connectivity index (χ0n) is 36.3. The van der Waals surface area contributed by atoms with Gasteiger partial charge in [-0.1, -0.05) is 243 Å². The summed E-state index contributed by atoms with van der Waals surface area (Å²) < 4.78 is 0. The summed E-state index contributed by atoms with van der Waals surface area (Å²) in [6.45, 7) is 0. The average molecular weight is 871 g/mol. The van der Waals surface area contributed by atoms with E-state index in [1.165, 1.54) is 93.8 Å². The summed E-state index contributed by atoms with van der Waals surface area (Å²) in [6.07, 6.45) is 9.39. The Kier molecular flexibility index (Phi) is 18.8. The van der Waals surface area contributed by atoms with Gasteiger partial charge in [-0.05, 0) is 44.5 Å². The number of rotatable bonds is 16. The van der Waals surface area contributed by atoms with Crippen LogP contribution in [0, 0.1) is 0 Å². The molecule has 62 heavy (non-hydrogen) atoms. The Morgan fingerprint density at radius 1 is 0.226 bits per heavy atom. The van der Waals surface area contributed by atoms with E-state index in [9.17, 15) is 0 Å². The van der Waals surface area contributed by atoms with E-state index in [2.05, 4.69) is 243 Å². The predicted octanol–water partition coefficient (Wildman–Crippen LogP) is 13.0. The van der Waals surface area contributed by atoms with E-state index < -0.39 is 23.1 Å². The second-order valence-corrected chi connectivity index (χ2v) is 24.4. The van der Waals surface area contributed by atoms with E-state index in [4.69, 9.17) is 14.7 Å². The van der Waals surface area contributed by atoms with Crippen molar-refractivity contribution in [2.45, 2.75) is 49.3 Å². The zero-order chi connectivity index (χ0) is 43.1. The molecule has 0 unspecified atom stereocenters. The first-order chi connectivity index (χ1) is 30.4. The third-order valence-electron chi connectivity index (χ3n) is 10.9. The van der Waals surface area contributed by atoms with Crippen LogP contribution in [-0.2, 0) is 49.3 Å². The molecule has 0 N–H and O–H groups in total. The third-order valence-corrected chi connectivity index (χ3v) is 19.2. The van der Waals surface area contributed by atoms with E-state index in [1.54, 1.807) is 0 Å². The third kappa shape index (κ3) is 16.3. The smallest absolute Gasteiger partial charge is 0.854 e. The lowest BCUT2D eigenvalue weighted by atomic mass is 10.2. The molecule has 0 aliphatic carbocycles. The van der Waals surface area contributed by atoms with Gasteiger partial charge in [0.15, 0.2) is 0 Å². The summed E-state index contributed by atoms with van der Waals surface area (Å²) in [5.74, 6) is 0. The molecule has 0 saturated carbocycles. The first-order valence-electron chi connectivity index (χ1n) is 21.2. The number of hydrogen-bond donors (Lipinski definition) is 0. The maximum atomic E-state index is 8.48. The molecule has 0 radical (unpaired) electrons. The van der Waals surface area contributed by atoms with E-state index >= 15 is 0 Å². The topological polar surface area (TPSA) is 69.2 Å². The van der Waals surface area contributed by atoms with Gasteiger partial charge in [-0.2, -0.15) is 0 Å². The van der Waals surface area contributed by atoms with Crippen molar-refractivity contribution in [3.8, 4) is 0 Å². The minimum atomic E-state index is -3.37. The lowest BCUT2D eigenvalue weighted by Gasteiger charge is -2.39. The van der Waals surface area contributed by atoms with Crippen molar-refractivity contribution in [2.24, 2.45) is 0 Å². The van der Waals surface area contributed by atoms with Gasteiger partial charge in [0.05, 0.1) is 49.3 Å². The van der Waals surface area contributed by atoms with Crippen LogP contribution in [0.5, 0.6) is 0 Å². The first-order valence-corrected chi connectivity index (χ1v) is 27.3. The molecule has 8 aromatic rings. The van der Waals surface area contributed by atoms with Gasteiger partial charge in [0.2, 0.25) is 0 Å². The second kappa shape index (κ2) is 25.1. The van der Waals surface area contributed by atoms with E-state index in [1.807, 2.05) is 0 Å². The van der Waals surface area contributed by atoms with Crippen LogP contribution in [0.15, 0.2) is 243 Å². The fourth-order valence-electron chi connectivity index (χ4n) is 8.44. The minimum Gasteiger partial charge on any atom is -0.854 e. The van der Waals surface area contributed by atoms with Gasteiger partial charge < -0.3 is 23.3 Å². The molecule has 0 aliphatic heterocycles. The largest absolute Gasteiger partial charge is 1.00 e. The summed E-state index contributed by atoms with van der Waals surface area (Å²) in [6, 6.07) is 88.6. The Morgan fingerprint density at radius 3 is 0.419 bits per heavy atom. The average Bonchev–Trinajstić information content (AvgIpc) is 3.29. The molecule has 0 aliphatic rings. The van der Waals surface area contributed by atoms with Crippen LogP contribution in [0.4, 0.5) is 0 Å².